The molecule has 0 atom stereocenters. The quantitative estimate of drug-likeness (QED) is 0.883. The maximum atomic E-state index is 5.75. The zero-order valence-corrected chi connectivity index (χ0v) is 11.3. The number of fused-ring (bicyclic) bond motifs is 1. The largest absolute Gasteiger partial charge is 0.491 e. The molecular formula is C14H21N3O. The van der Waals surface area contributed by atoms with Crippen LogP contribution in [0.4, 0.5) is 0 Å². The Bertz CT molecular complexity index is 531. The minimum atomic E-state index is 0.175. The van der Waals surface area contributed by atoms with Gasteiger partial charge < -0.3 is 15.0 Å². The molecule has 98 valence electrons. The van der Waals surface area contributed by atoms with Crippen LogP contribution in [0.15, 0.2) is 18.2 Å². The van der Waals surface area contributed by atoms with E-state index in [1.807, 2.05) is 26.0 Å². The lowest BCUT2D eigenvalue weighted by Crippen LogP contribution is -2.08. The lowest BCUT2D eigenvalue weighted by atomic mass is 10.3. The van der Waals surface area contributed by atoms with Crippen LogP contribution in [0.3, 0.4) is 0 Å². The van der Waals surface area contributed by atoms with Gasteiger partial charge in [0.2, 0.25) is 0 Å². The van der Waals surface area contributed by atoms with E-state index in [2.05, 4.69) is 22.5 Å². The predicted octanol–water partition coefficient (Wildman–Crippen LogP) is 2.69. The second-order valence-corrected chi connectivity index (χ2v) is 4.70. The van der Waals surface area contributed by atoms with Crippen molar-refractivity contribution in [1.29, 1.82) is 0 Å². The molecule has 0 spiro atoms. The smallest absolute Gasteiger partial charge is 0.123 e. The molecule has 0 aliphatic heterocycles. The van der Waals surface area contributed by atoms with Gasteiger partial charge in [-0.3, -0.25) is 0 Å². The molecule has 1 aromatic carbocycles. The van der Waals surface area contributed by atoms with E-state index in [1.54, 1.807) is 0 Å². The number of nitrogens with zero attached hydrogens (tertiary/aromatic N) is 2. The highest BCUT2D eigenvalue weighted by Gasteiger charge is 2.10. The molecule has 0 aliphatic rings. The Morgan fingerprint density at radius 2 is 2.17 bits per heavy atom. The fourth-order valence-electron chi connectivity index (χ4n) is 2.13. The van der Waals surface area contributed by atoms with Gasteiger partial charge in [-0.2, -0.15) is 0 Å². The number of rotatable bonds is 5. The minimum absolute atomic E-state index is 0.175. The highest BCUT2D eigenvalue weighted by Crippen LogP contribution is 2.23. The first-order chi connectivity index (χ1) is 8.65. The summed E-state index contributed by atoms with van der Waals surface area (Å²) in [5.41, 5.74) is 7.84. The standard InChI is InChI=1S/C14H21N3O/c1-4-7-17-13-6-5-11(18-10(2)3)8-12(13)16-14(17)9-15/h5-6,8,10H,4,7,9,15H2,1-3H3. The molecular weight excluding hydrogens is 226 g/mol. The lowest BCUT2D eigenvalue weighted by molar-refractivity contribution is 0.242. The topological polar surface area (TPSA) is 53.1 Å². The fraction of sp³-hybridized carbons (Fsp3) is 0.500. The molecule has 4 nitrogen and oxygen atoms in total. The predicted molar refractivity (Wildman–Crippen MR) is 73.7 cm³/mol. The lowest BCUT2D eigenvalue weighted by Gasteiger charge is -2.09. The summed E-state index contributed by atoms with van der Waals surface area (Å²) in [5.74, 6) is 1.80. The minimum Gasteiger partial charge on any atom is -0.491 e. The molecule has 2 rings (SSSR count). The van der Waals surface area contributed by atoms with Gasteiger partial charge in [-0.15, -0.1) is 0 Å². The van der Waals surface area contributed by atoms with Gasteiger partial charge in [-0.25, -0.2) is 4.98 Å². The maximum Gasteiger partial charge on any atom is 0.123 e. The summed E-state index contributed by atoms with van der Waals surface area (Å²) in [5, 5.41) is 0. The molecule has 2 N–H and O–H groups in total. The van der Waals surface area contributed by atoms with E-state index in [4.69, 9.17) is 10.5 Å². The molecule has 0 saturated heterocycles. The molecule has 2 aromatic rings. The summed E-state index contributed by atoms with van der Waals surface area (Å²) >= 11 is 0. The van der Waals surface area contributed by atoms with E-state index in [0.717, 1.165) is 35.6 Å². The van der Waals surface area contributed by atoms with E-state index in [0.29, 0.717) is 6.54 Å². The highest BCUT2D eigenvalue weighted by atomic mass is 16.5. The van der Waals surface area contributed by atoms with Crippen LogP contribution in [0, 0.1) is 0 Å². The summed E-state index contributed by atoms with van der Waals surface area (Å²) in [6, 6.07) is 6.05. The molecule has 18 heavy (non-hydrogen) atoms. The van der Waals surface area contributed by atoms with Crippen molar-refractivity contribution >= 4 is 11.0 Å². The number of ether oxygens (including phenoxy) is 1. The van der Waals surface area contributed by atoms with Crippen LogP contribution < -0.4 is 10.5 Å². The second kappa shape index (κ2) is 5.40. The number of imidazole rings is 1. The Hall–Kier alpha value is -1.55. The number of hydrogen-bond acceptors (Lipinski definition) is 3. The fourth-order valence-corrected chi connectivity index (χ4v) is 2.13. The Morgan fingerprint density at radius 3 is 2.78 bits per heavy atom. The number of hydrogen-bond donors (Lipinski definition) is 1. The van der Waals surface area contributed by atoms with E-state index in [1.165, 1.54) is 0 Å². The molecule has 0 radical (unpaired) electrons. The van der Waals surface area contributed by atoms with Crippen LogP contribution in [0.2, 0.25) is 0 Å². The summed E-state index contributed by atoms with van der Waals surface area (Å²) in [7, 11) is 0. The molecule has 0 fully saturated rings. The summed E-state index contributed by atoms with van der Waals surface area (Å²) in [4.78, 5) is 4.58. The zero-order chi connectivity index (χ0) is 13.1. The average molecular weight is 247 g/mol. The van der Waals surface area contributed by atoms with Gasteiger partial charge >= 0.3 is 0 Å². The van der Waals surface area contributed by atoms with Crippen LogP contribution in [-0.4, -0.2) is 15.7 Å². The molecule has 1 heterocycles. The SMILES string of the molecule is CCCn1c(CN)nc2cc(OC(C)C)ccc21. The van der Waals surface area contributed by atoms with Crippen molar-refractivity contribution in [3.05, 3.63) is 24.0 Å². The molecule has 0 bridgehead atoms. The van der Waals surface area contributed by atoms with E-state index < -0.39 is 0 Å². The Morgan fingerprint density at radius 1 is 1.39 bits per heavy atom. The van der Waals surface area contributed by atoms with Crippen LogP contribution in [0.25, 0.3) is 11.0 Å². The molecule has 1 aromatic heterocycles. The summed E-state index contributed by atoms with van der Waals surface area (Å²) in [6.07, 6.45) is 1.25. The Kier molecular flexibility index (Phi) is 3.87. The first-order valence-electron chi connectivity index (χ1n) is 6.51. The Labute approximate surface area is 108 Å². The van der Waals surface area contributed by atoms with Crippen molar-refractivity contribution in [3.63, 3.8) is 0 Å². The van der Waals surface area contributed by atoms with Gasteiger partial charge in [0, 0.05) is 12.6 Å². The third kappa shape index (κ3) is 2.48. The van der Waals surface area contributed by atoms with Crippen LogP contribution in [0.1, 0.15) is 33.0 Å². The third-order valence-electron chi connectivity index (χ3n) is 2.80. The molecule has 0 amide bonds. The zero-order valence-electron chi connectivity index (χ0n) is 11.3. The van der Waals surface area contributed by atoms with Gasteiger partial charge in [0.25, 0.3) is 0 Å². The van der Waals surface area contributed by atoms with Gasteiger partial charge in [0.05, 0.1) is 23.7 Å². The molecule has 0 saturated carbocycles. The average Bonchev–Trinajstić information content (AvgIpc) is 2.66. The van der Waals surface area contributed by atoms with Crippen molar-refractivity contribution in [3.8, 4) is 5.75 Å². The van der Waals surface area contributed by atoms with E-state index >= 15 is 0 Å². The van der Waals surface area contributed by atoms with Crippen molar-refractivity contribution in [2.75, 3.05) is 0 Å². The van der Waals surface area contributed by atoms with Crippen LogP contribution in [-0.2, 0) is 13.1 Å². The van der Waals surface area contributed by atoms with E-state index in [9.17, 15) is 0 Å². The van der Waals surface area contributed by atoms with Gasteiger partial charge in [-0.05, 0) is 32.4 Å². The highest BCUT2D eigenvalue weighted by molar-refractivity contribution is 5.77. The number of aryl methyl sites for hydroxylation is 1. The number of benzene rings is 1. The third-order valence-corrected chi connectivity index (χ3v) is 2.80. The molecule has 0 unspecified atom stereocenters. The first-order valence-corrected chi connectivity index (χ1v) is 6.51. The van der Waals surface area contributed by atoms with Gasteiger partial charge in [0.15, 0.2) is 0 Å². The number of aromatic nitrogens is 2. The normalized spacial score (nSPS) is 11.4. The van der Waals surface area contributed by atoms with Gasteiger partial charge in [-0.1, -0.05) is 6.92 Å². The van der Waals surface area contributed by atoms with Crippen LogP contribution >= 0.6 is 0 Å². The van der Waals surface area contributed by atoms with Crippen LogP contribution in [0.5, 0.6) is 5.75 Å². The molecule has 4 heteroatoms. The van der Waals surface area contributed by atoms with Crippen molar-refractivity contribution in [2.24, 2.45) is 5.73 Å². The number of nitrogens with two attached hydrogens (primary N) is 1. The monoisotopic (exact) mass is 247 g/mol. The van der Waals surface area contributed by atoms with Crippen molar-refractivity contribution in [2.45, 2.75) is 46.4 Å². The van der Waals surface area contributed by atoms with Crippen molar-refractivity contribution in [1.82, 2.24) is 9.55 Å². The second-order valence-electron chi connectivity index (χ2n) is 4.70. The Balaban J connectivity index is 2.45. The van der Waals surface area contributed by atoms with Gasteiger partial charge in [0.1, 0.15) is 11.6 Å². The first kappa shape index (κ1) is 12.9. The van der Waals surface area contributed by atoms with Crippen molar-refractivity contribution < 1.29 is 4.74 Å². The van der Waals surface area contributed by atoms with E-state index in [-0.39, 0.29) is 6.10 Å². The molecule has 0 aliphatic carbocycles. The maximum absolute atomic E-state index is 5.75. The summed E-state index contributed by atoms with van der Waals surface area (Å²) in [6.45, 7) is 7.61. The summed E-state index contributed by atoms with van der Waals surface area (Å²) < 4.78 is 7.87.